The number of ether oxygens (including phenoxy) is 1. The van der Waals surface area contributed by atoms with E-state index in [0.717, 1.165) is 19.3 Å². The van der Waals surface area contributed by atoms with Crippen LogP contribution in [0.2, 0.25) is 0 Å². The van der Waals surface area contributed by atoms with Crippen molar-refractivity contribution in [2.24, 2.45) is 5.92 Å². The molecule has 1 N–H and O–H groups in total. The molecule has 18 heavy (non-hydrogen) atoms. The number of amides is 1. The smallest absolute Gasteiger partial charge is 0.406 e. The number of halogens is 3. The summed E-state index contributed by atoms with van der Waals surface area (Å²) in [4.78, 5) is 11.6. The standard InChI is InChI=1S/C12H12F3NO2/c13-12(14,15)18-10-6-4-9(5-7-10)16-11(17)8-2-1-3-8/h4-8H,1-3H2,(H,16,17). The van der Waals surface area contributed by atoms with Gasteiger partial charge in [-0.15, -0.1) is 13.2 Å². The van der Waals surface area contributed by atoms with Gasteiger partial charge >= 0.3 is 6.36 Å². The van der Waals surface area contributed by atoms with E-state index < -0.39 is 6.36 Å². The lowest BCUT2D eigenvalue weighted by Gasteiger charge is -2.24. The molecule has 1 aliphatic rings. The zero-order chi connectivity index (χ0) is 13.2. The molecule has 2 rings (SSSR count). The summed E-state index contributed by atoms with van der Waals surface area (Å²) in [5.74, 6) is -0.342. The monoisotopic (exact) mass is 259 g/mol. The van der Waals surface area contributed by atoms with E-state index in [4.69, 9.17) is 0 Å². The molecule has 1 saturated carbocycles. The normalized spacial score (nSPS) is 15.9. The molecule has 1 aliphatic carbocycles. The lowest BCUT2D eigenvalue weighted by atomic mass is 9.85. The van der Waals surface area contributed by atoms with Crippen LogP contribution >= 0.6 is 0 Å². The van der Waals surface area contributed by atoms with Crippen LogP contribution in [0, 0.1) is 5.92 Å². The molecule has 0 heterocycles. The topological polar surface area (TPSA) is 38.3 Å². The van der Waals surface area contributed by atoms with Crippen LogP contribution in [0.15, 0.2) is 24.3 Å². The average molecular weight is 259 g/mol. The van der Waals surface area contributed by atoms with Crippen molar-refractivity contribution < 1.29 is 22.7 Å². The molecule has 0 aliphatic heterocycles. The van der Waals surface area contributed by atoms with Crippen LogP contribution in [-0.2, 0) is 4.79 Å². The number of hydrogen-bond acceptors (Lipinski definition) is 2. The van der Waals surface area contributed by atoms with Crippen LogP contribution in [0.5, 0.6) is 5.75 Å². The first-order chi connectivity index (χ1) is 8.44. The zero-order valence-corrected chi connectivity index (χ0v) is 9.46. The Bertz CT molecular complexity index is 424. The first-order valence-corrected chi connectivity index (χ1v) is 5.61. The molecular formula is C12H12F3NO2. The molecule has 1 aromatic rings. The summed E-state index contributed by atoms with van der Waals surface area (Å²) in [5, 5.41) is 2.66. The summed E-state index contributed by atoms with van der Waals surface area (Å²) >= 11 is 0. The maximum atomic E-state index is 11.9. The van der Waals surface area contributed by atoms with Gasteiger partial charge in [-0.1, -0.05) is 6.42 Å². The third-order valence-electron chi connectivity index (χ3n) is 2.83. The van der Waals surface area contributed by atoms with Gasteiger partial charge in [0, 0.05) is 11.6 Å². The van der Waals surface area contributed by atoms with Crippen molar-refractivity contribution in [1.82, 2.24) is 0 Å². The number of hydrogen-bond donors (Lipinski definition) is 1. The van der Waals surface area contributed by atoms with E-state index in [1.165, 1.54) is 24.3 Å². The third kappa shape index (κ3) is 3.38. The summed E-state index contributed by atoms with van der Waals surface area (Å²) in [6, 6.07) is 5.11. The van der Waals surface area contributed by atoms with E-state index in [1.54, 1.807) is 0 Å². The van der Waals surface area contributed by atoms with E-state index in [1.807, 2.05) is 0 Å². The first-order valence-electron chi connectivity index (χ1n) is 5.61. The number of carbonyl (C=O) groups excluding carboxylic acids is 1. The van der Waals surface area contributed by atoms with E-state index in [9.17, 15) is 18.0 Å². The number of rotatable bonds is 3. The molecule has 0 bridgehead atoms. The van der Waals surface area contributed by atoms with E-state index in [-0.39, 0.29) is 17.6 Å². The van der Waals surface area contributed by atoms with E-state index in [2.05, 4.69) is 10.1 Å². The molecule has 6 heteroatoms. The van der Waals surface area contributed by atoms with Gasteiger partial charge in [-0.3, -0.25) is 4.79 Å². The van der Waals surface area contributed by atoms with Crippen LogP contribution in [0.3, 0.4) is 0 Å². The van der Waals surface area contributed by atoms with Crippen LogP contribution in [0.1, 0.15) is 19.3 Å². The molecule has 0 spiro atoms. The number of carbonyl (C=O) groups is 1. The Hall–Kier alpha value is -1.72. The summed E-state index contributed by atoms with van der Waals surface area (Å²) < 4.78 is 39.5. The zero-order valence-electron chi connectivity index (χ0n) is 9.46. The van der Waals surface area contributed by atoms with Crippen LogP contribution < -0.4 is 10.1 Å². The highest BCUT2D eigenvalue weighted by molar-refractivity contribution is 5.93. The number of anilines is 1. The van der Waals surface area contributed by atoms with Gasteiger partial charge in [-0.2, -0.15) is 0 Å². The van der Waals surface area contributed by atoms with Gasteiger partial charge < -0.3 is 10.1 Å². The minimum atomic E-state index is -4.70. The van der Waals surface area contributed by atoms with Gasteiger partial charge in [0.25, 0.3) is 0 Å². The van der Waals surface area contributed by atoms with Crippen molar-refractivity contribution in [3.05, 3.63) is 24.3 Å². The fourth-order valence-corrected chi connectivity index (χ4v) is 1.65. The number of alkyl halides is 3. The molecule has 98 valence electrons. The summed E-state index contributed by atoms with van der Waals surface area (Å²) in [7, 11) is 0. The predicted octanol–water partition coefficient (Wildman–Crippen LogP) is 3.32. The Morgan fingerprint density at radius 1 is 1.22 bits per heavy atom. The minimum absolute atomic E-state index is 0.0381. The molecule has 3 nitrogen and oxygen atoms in total. The molecule has 1 amide bonds. The highest BCUT2D eigenvalue weighted by Crippen LogP contribution is 2.28. The van der Waals surface area contributed by atoms with Gasteiger partial charge in [0.15, 0.2) is 0 Å². The van der Waals surface area contributed by atoms with E-state index >= 15 is 0 Å². The molecule has 0 saturated heterocycles. The van der Waals surface area contributed by atoms with Crippen LogP contribution in [0.25, 0.3) is 0 Å². The quantitative estimate of drug-likeness (QED) is 0.904. The van der Waals surface area contributed by atoms with Crippen molar-refractivity contribution in [3.63, 3.8) is 0 Å². The second kappa shape index (κ2) is 4.88. The van der Waals surface area contributed by atoms with Gasteiger partial charge in [-0.25, -0.2) is 0 Å². The Kier molecular flexibility index (Phi) is 3.45. The second-order valence-corrected chi connectivity index (χ2v) is 4.19. The fourth-order valence-electron chi connectivity index (χ4n) is 1.65. The third-order valence-corrected chi connectivity index (χ3v) is 2.83. The fraction of sp³-hybridized carbons (Fsp3) is 0.417. The molecule has 0 radical (unpaired) electrons. The van der Waals surface area contributed by atoms with Crippen molar-refractivity contribution in [1.29, 1.82) is 0 Å². The maximum absolute atomic E-state index is 11.9. The predicted molar refractivity (Wildman–Crippen MR) is 59.1 cm³/mol. The van der Waals surface area contributed by atoms with Gasteiger partial charge in [0.05, 0.1) is 0 Å². The van der Waals surface area contributed by atoms with Gasteiger partial charge in [-0.05, 0) is 37.1 Å². The minimum Gasteiger partial charge on any atom is -0.406 e. The molecule has 0 atom stereocenters. The van der Waals surface area contributed by atoms with Gasteiger partial charge in [0.1, 0.15) is 5.75 Å². The first kappa shape index (κ1) is 12.7. The van der Waals surface area contributed by atoms with Gasteiger partial charge in [0.2, 0.25) is 5.91 Å². The Morgan fingerprint density at radius 3 is 2.28 bits per heavy atom. The summed E-state index contributed by atoms with van der Waals surface area (Å²) in [5.41, 5.74) is 0.474. The maximum Gasteiger partial charge on any atom is 0.573 e. The Morgan fingerprint density at radius 2 is 1.83 bits per heavy atom. The second-order valence-electron chi connectivity index (χ2n) is 4.19. The number of nitrogens with one attached hydrogen (secondary N) is 1. The highest BCUT2D eigenvalue weighted by atomic mass is 19.4. The Labute approximate surface area is 102 Å². The van der Waals surface area contributed by atoms with Crippen molar-refractivity contribution in [3.8, 4) is 5.75 Å². The summed E-state index contributed by atoms with van der Waals surface area (Å²) in [6.45, 7) is 0. The number of benzene rings is 1. The average Bonchev–Trinajstić information content (AvgIpc) is 2.16. The molecule has 1 aromatic carbocycles. The summed E-state index contributed by atoms with van der Waals surface area (Å²) in [6.07, 6.45) is -1.89. The Balaban J connectivity index is 1.92. The highest BCUT2D eigenvalue weighted by Gasteiger charge is 2.31. The largest absolute Gasteiger partial charge is 0.573 e. The van der Waals surface area contributed by atoms with Crippen LogP contribution in [0.4, 0.5) is 18.9 Å². The molecule has 0 aromatic heterocycles. The van der Waals surface area contributed by atoms with Crippen molar-refractivity contribution in [2.45, 2.75) is 25.6 Å². The SMILES string of the molecule is O=C(Nc1ccc(OC(F)(F)F)cc1)C1CCC1. The van der Waals surface area contributed by atoms with Crippen molar-refractivity contribution in [2.75, 3.05) is 5.32 Å². The molecular weight excluding hydrogens is 247 g/mol. The molecule has 1 fully saturated rings. The van der Waals surface area contributed by atoms with Crippen molar-refractivity contribution >= 4 is 11.6 Å². The van der Waals surface area contributed by atoms with Crippen LogP contribution in [-0.4, -0.2) is 12.3 Å². The lowest BCUT2D eigenvalue weighted by Crippen LogP contribution is -2.28. The lowest BCUT2D eigenvalue weighted by molar-refractivity contribution is -0.274. The molecule has 0 unspecified atom stereocenters. The van der Waals surface area contributed by atoms with E-state index in [0.29, 0.717) is 5.69 Å².